The molecule has 3 rings (SSSR count). The molecule has 3 aromatic rings. The Bertz CT molecular complexity index is 990. The van der Waals surface area contributed by atoms with Crippen molar-refractivity contribution in [2.24, 2.45) is 5.10 Å². The van der Waals surface area contributed by atoms with Crippen LogP contribution in [0.25, 0.3) is 0 Å². The maximum Gasteiger partial charge on any atom is 0.281 e. The minimum Gasteiger partial charge on any atom is -0.490 e. The van der Waals surface area contributed by atoms with Crippen molar-refractivity contribution in [2.75, 3.05) is 6.61 Å². The average Bonchev–Trinajstić information content (AvgIpc) is 3.24. The Morgan fingerprint density at radius 2 is 1.97 bits per heavy atom. The zero-order valence-corrected chi connectivity index (χ0v) is 19.5. The van der Waals surface area contributed by atoms with E-state index in [1.54, 1.807) is 12.3 Å². The summed E-state index contributed by atoms with van der Waals surface area (Å²) in [6, 6.07) is 15.2. The molecule has 0 fully saturated rings. The predicted octanol–water partition coefficient (Wildman–Crippen LogP) is 6.01. The summed E-state index contributed by atoms with van der Waals surface area (Å²) in [5.74, 6) is 0.981. The first-order chi connectivity index (χ1) is 14.1. The number of carbonyl (C=O) groups is 1. The Labute approximate surface area is 190 Å². The lowest BCUT2D eigenvalue weighted by Gasteiger charge is -2.14. The summed E-state index contributed by atoms with van der Waals surface area (Å²) in [7, 11) is 0. The van der Waals surface area contributed by atoms with Gasteiger partial charge in [-0.25, -0.2) is 5.43 Å². The minimum absolute atomic E-state index is 0.241. The number of thiophene rings is 1. The number of hydrazone groups is 1. The van der Waals surface area contributed by atoms with Gasteiger partial charge in [-0.05, 0) is 69.7 Å². The number of ether oxygens (including phenoxy) is 2. The molecule has 1 heterocycles. The summed E-state index contributed by atoms with van der Waals surface area (Å²) < 4.78 is 13.5. The number of carbonyl (C=O) groups excluding carboxylic acids is 1. The van der Waals surface area contributed by atoms with Crippen LogP contribution in [0, 0.1) is 0 Å². The van der Waals surface area contributed by atoms with E-state index in [-0.39, 0.29) is 5.91 Å². The molecule has 0 radical (unpaired) electrons. The Kier molecular flexibility index (Phi) is 7.85. The molecule has 2 aromatic carbocycles. The fourth-order valence-corrected chi connectivity index (χ4v) is 3.88. The van der Waals surface area contributed by atoms with Crippen LogP contribution >= 0.6 is 43.2 Å². The molecule has 1 N–H and O–H groups in total. The molecule has 1 aromatic heterocycles. The van der Waals surface area contributed by atoms with Gasteiger partial charge in [0.1, 0.15) is 6.61 Å². The van der Waals surface area contributed by atoms with Gasteiger partial charge in [0, 0.05) is 4.47 Å². The van der Waals surface area contributed by atoms with Gasteiger partial charge in [-0.1, -0.05) is 34.1 Å². The quantitative estimate of drug-likeness (QED) is 0.282. The van der Waals surface area contributed by atoms with E-state index in [4.69, 9.17) is 9.47 Å². The molecule has 0 bridgehead atoms. The van der Waals surface area contributed by atoms with Crippen molar-refractivity contribution in [3.8, 4) is 11.5 Å². The zero-order chi connectivity index (χ0) is 20.6. The lowest BCUT2D eigenvalue weighted by Crippen LogP contribution is -2.16. The standard InChI is InChI=1S/C21H18Br2N2O3S/c1-2-27-18-11-15(12-24-25-21(26)19-4-3-9-29-19)10-17(23)20(18)28-13-14-5-7-16(22)8-6-14/h3-12H,2,13H2,1H3,(H,25,26)/b24-12-. The Hall–Kier alpha value is -2.16. The second kappa shape index (κ2) is 10.6. The Morgan fingerprint density at radius 3 is 2.66 bits per heavy atom. The number of halogens is 2. The van der Waals surface area contributed by atoms with Crippen molar-refractivity contribution in [1.82, 2.24) is 5.43 Å². The number of nitrogens with zero attached hydrogens (tertiary/aromatic N) is 1. The molecule has 0 spiro atoms. The van der Waals surface area contributed by atoms with Crippen molar-refractivity contribution < 1.29 is 14.3 Å². The van der Waals surface area contributed by atoms with Gasteiger partial charge in [-0.15, -0.1) is 11.3 Å². The van der Waals surface area contributed by atoms with Gasteiger partial charge < -0.3 is 9.47 Å². The summed E-state index contributed by atoms with van der Waals surface area (Å²) in [5, 5.41) is 5.88. The molecule has 8 heteroatoms. The molecule has 29 heavy (non-hydrogen) atoms. The highest BCUT2D eigenvalue weighted by molar-refractivity contribution is 9.10. The van der Waals surface area contributed by atoms with Crippen LogP contribution in [0.1, 0.15) is 27.7 Å². The van der Waals surface area contributed by atoms with Crippen molar-refractivity contribution in [1.29, 1.82) is 0 Å². The summed E-state index contributed by atoms with van der Waals surface area (Å²) in [4.78, 5) is 12.6. The van der Waals surface area contributed by atoms with E-state index >= 15 is 0 Å². The highest BCUT2D eigenvalue weighted by Crippen LogP contribution is 2.37. The molecule has 0 aliphatic carbocycles. The van der Waals surface area contributed by atoms with Gasteiger partial charge in [0.25, 0.3) is 5.91 Å². The van der Waals surface area contributed by atoms with E-state index in [9.17, 15) is 4.79 Å². The molecule has 0 aliphatic rings. The third kappa shape index (κ3) is 6.16. The van der Waals surface area contributed by atoms with E-state index in [2.05, 4.69) is 42.4 Å². The van der Waals surface area contributed by atoms with Crippen LogP contribution in [-0.2, 0) is 6.61 Å². The van der Waals surface area contributed by atoms with Gasteiger partial charge in [0.2, 0.25) is 0 Å². The van der Waals surface area contributed by atoms with Gasteiger partial charge in [-0.3, -0.25) is 4.79 Å². The number of nitrogens with one attached hydrogen (secondary N) is 1. The first-order valence-electron chi connectivity index (χ1n) is 8.77. The van der Waals surface area contributed by atoms with Crippen LogP contribution < -0.4 is 14.9 Å². The van der Waals surface area contributed by atoms with Gasteiger partial charge in [0.05, 0.1) is 22.2 Å². The van der Waals surface area contributed by atoms with Crippen LogP contribution in [-0.4, -0.2) is 18.7 Å². The van der Waals surface area contributed by atoms with Crippen LogP contribution in [0.3, 0.4) is 0 Å². The van der Waals surface area contributed by atoms with Crippen LogP contribution in [0.5, 0.6) is 11.5 Å². The first kappa shape index (κ1) is 21.5. The Morgan fingerprint density at radius 1 is 1.17 bits per heavy atom. The molecular weight excluding hydrogens is 520 g/mol. The van der Waals surface area contributed by atoms with Gasteiger partial charge in [0.15, 0.2) is 11.5 Å². The number of amides is 1. The summed E-state index contributed by atoms with van der Waals surface area (Å²) in [6.45, 7) is 2.82. The summed E-state index contributed by atoms with van der Waals surface area (Å²) in [6.07, 6.45) is 1.57. The average molecular weight is 538 g/mol. The molecule has 0 atom stereocenters. The molecular formula is C21H18Br2N2O3S. The second-order valence-corrected chi connectivity index (χ2v) is 8.57. The molecule has 0 unspecified atom stereocenters. The largest absolute Gasteiger partial charge is 0.490 e. The third-order valence-corrected chi connectivity index (χ3v) is 5.74. The van der Waals surface area contributed by atoms with Crippen LogP contribution in [0.4, 0.5) is 0 Å². The third-order valence-electron chi connectivity index (χ3n) is 3.75. The van der Waals surface area contributed by atoms with E-state index in [0.717, 1.165) is 20.1 Å². The fraction of sp³-hybridized carbons (Fsp3) is 0.143. The number of benzene rings is 2. The highest BCUT2D eigenvalue weighted by Gasteiger charge is 2.12. The normalized spacial score (nSPS) is 10.9. The SMILES string of the molecule is CCOc1cc(/C=N\NC(=O)c2cccs2)cc(Br)c1OCc1ccc(Br)cc1. The monoisotopic (exact) mass is 536 g/mol. The highest BCUT2D eigenvalue weighted by atomic mass is 79.9. The van der Waals surface area contributed by atoms with Crippen molar-refractivity contribution in [3.05, 3.63) is 78.9 Å². The molecule has 0 aliphatic heterocycles. The van der Waals surface area contributed by atoms with Crippen LogP contribution in [0.2, 0.25) is 0 Å². The molecule has 1 amide bonds. The maximum atomic E-state index is 12.0. The minimum atomic E-state index is -0.241. The Balaban J connectivity index is 1.72. The topological polar surface area (TPSA) is 59.9 Å². The summed E-state index contributed by atoms with van der Waals surface area (Å²) in [5.41, 5.74) is 4.33. The number of hydrogen-bond donors (Lipinski definition) is 1. The number of rotatable bonds is 8. The molecule has 5 nitrogen and oxygen atoms in total. The second-order valence-electron chi connectivity index (χ2n) is 5.85. The van der Waals surface area contributed by atoms with Crippen molar-refractivity contribution in [3.63, 3.8) is 0 Å². The molecule has 150 valence electrons. The van der Waals surface area contributed by atoms with E-state index < -0.39 is 0 Å². The van der Waals surface area contributed by atoms with Gasteiger partial charge >= 0.3 is 0 Å². The molecule has 0 saturated heterocycles. The lowest BCUT2D eigenvalue weighted by atomic mass is 10.2. The van der Waals surface area contributed by atoms with Crippen molar-refractivity contribution in [2.45, 2.75) is 13.5 Å². The van der Waals surface area contributed by atoms with E-state index in [1.165, 1.54) is 11.3 Å². The van der Waals surface area contributed by atoms with E-state index in [0.29, 0.717) is 29.6 Å². The maximum absolute atomic E-state index is 12.0. The fourth-order valence-electron chi connectivity index (χ4n) is 2.43. The zero-order valence-electron chi connectivity index (χ0n) is 15.5. The predicted molar refractivity (Wildman–Crippen MR) is 123 cm³/mol. The smallest absolute Gasteiger partial charge is 0.281 e. The van der Waals surface area contributed by atoms with Crippen LogP contribution in [0.15, 0.2) is 68.0 Å². The summed E-state index contributed by atoms with van der Waals surface area (Å²) >= 11 is 8.34. The number of hydrogen-bond acceptors (Lipinski definition) is 5. The molecule has 0 saturated carbocycles. The lowest BCUT2D eigenvalue weighted by molar-refractivity contribution is 0.0959. The first-order valence-corrected chi connectivity index (χ1v) is 11.2. The van der Waals surface area contributed by atoms with Gasteiger partial charge in [-0.2, -0.15) is 5.10 Å². The van der Waals surface area contributed by atoms with E-state index in [1.807, 2.05) is 54.8 Å². The van der Waals surface area contributed by atoms with Crippen molar-refractivity contribution >= 4 is 55.3 Å².